The zero-order chi connectivity index (χ0) is 19.4. The first-order valence-electron chi connectivity index (χ1n) is 7.72. The lowest BCUT2D eigenvalue weighted by Gasteiger charge is -2.03. The Hall–Kier alpha value is -3.59. The van der Waals surface area contributed by atoms with E-state index in [0.29, 0.717) is 16.4 Å². The molecule has 0 saturated carbocycles. The number of benzene rings is 2. The van der Waals surface area contributed by atoms with Crippen molar-refractivity contribution in [3.05, 3.63) is 80.6 Å². The van der Waals surface area contributed by atoms with E-state index in [-0.39, 0.29) is 11.4 Å². The van der Waals surface area contributed by atoms with Gasteiger partial charge in [0, 0.05) is 17.2 Å². The molecule has 0 aliphatic heterocycles. The van der Waals surface area contributed by atoms with Crippen LogP contribution in [0.1, 0.15) is 21.7 Å². The predicted molar refractivity (Wildman–Crippen MR) is 99.3 cm³/mol. The highest BCUT2D eigenvalue weighted by Gasteiger charge is 2.17. The van der Waals surface area contributed by atoms with Crippen LogP contribution in [-0.2, 0) is 0 Å². The molecule has 3 aromatic rings. The molecule has 0 aliphatic rings. The molecule has 10 heteroatoms. The van der Waals surface area contributed by atoms with Crippen molar-refractivity contribution < 1.29 is 9.72 Å². The second kappa shape index (κ2) is 7.75. The molecule has 2 aromatic carbocycles. The number of non-ortho nitro benzene ring substituents is 1. The number of hydrazone groups is 1. The summed E-state index contributed by atoms with van der Waals surface area (Å²) in [5.74, 6) is -0.522. The van der Waals surface area contributed by atoms with Gasteiger partial charge in [0.25, 0.3) is 11.6 Å². The Kier molecular flexibility index (Phi) is 5.23. The molecule has 0 unspecified atom stereocenters. The molecule has 136 valence electrons. The molecule has 0 aliphatic carbocycles. The highest BCUT2D eigenvalue weighted by atomic mass is 35.5. The van der Waals surface area contributed by atoms with Crippen molar-refractivity contribution in [2.75, 3.05) is 0 Å². The smallest absolute Gasteiger partial charge is 0.265 e. The minimum Gasteiger partial charge on any atom is -0.265 e. The Morgan fingerprint density at radius 3 is 2.52 bits per heavy atom. The molecule has 0 saturated heterocycles. The highest BCUT2D eigenvalue weighted by Crippen LogP contribution is 2.17. The molecule has 1 N–H and O–H groups in total. The summed E-state index contributed by atoms with van der Waals surface area (Å²) in [7, 11) is 0. The third-order valence-corrected chi connectivity index (χ3v) is 3.92. The lowest BCUT2D eigenvalue weighted by atomic mass is 10.2. The van der Waals surface area contributed by atoms with Gasteiger partial charge >= 0.3 is 0 Å². The van der Waals surface area contributed by atoms with Gasteiger partial charge in [0.1, 0.15) is 0 Å². The average Bonchev–Trinajstić information content (AvgIpc) is 3.05. The minimum absolute atomic E-state index is 0.0361. The standard InChI is InChI=1S/C17H13ClN6O3/c1-11-16(17(25)21-19-10-12-2-4-13(18)5-3-12)20-22-23(11)14-6-8-15(9-7-14)24(26)27/h2-10H,1H3,(H,21,25)/b19-10+. The van der Waals surface area contributed by atoms with Crippen molar-refractivity contribution in [1.82, 2.24) is 20.4 Å². The van der Waals surface area contributed by atoms with Crippen LogP contribution in [-0.4, -0.2) is 32.0 Å². The van der Waals surface area contributed by atoms with Gasteiger partial charge in [0.2, 0.25) is 0 Å². The molecular weight excluding hydrogens is 372 g/mol. The maximum absolute atomic E-state index is 12.2. The van der Waals surface area contributed by atoms with E-state index in [1.165, 1.54) is 35.2 Å². The largest absolute Gasteiger partial charge is 0.293 e. The Morgan fingerprint density at radius 1 is 1.22 bits per heavy atom. The molecule has 1 amide bonds. The number of nitrogens with zero attached hydrogens (tertiary/aromatic N) is 5. The first-order valence-corrected chi connectivity index (χ1v) is 8.09. The number of nitrogens with one attached hydrogen (secondary N) is 1. The van der Waals surface area contributed by atoms with E-state index < -0.39 is 10.8 Å². The summed E-state index contributed by atoms with van der Waals surface area (Å²) in [6.45, 7) is 1.67. The average molecular weight is 385 g/mol. The second-order valence-corrected chi connectivity index (χ2v) is 5.90. The van der Waals surface area contributed by atoms with Crippen LogP contribution >= 0.6 is 11.6 Å². The van der Waals surface area contributed by atoms with E-state index in [0.717, 1.165) is 5.56 Å². The van der Waals surface area contributed by atoms with Crippen molar-refractivity contribution in [2.24, 2.45) is 5.10 Å². The van der Waals surface area contributed by atoms with Crippen molar-refractivity contribution in [2.45, 2.75) is 6.92 Å². The summed E-state index contributed by atoms with van der Waals surface area (Å²) in [4.78, 5) is 22.5. The van der Waals surface area contributed by atoms with Crippen molar-refractivity contribution in [3.63, 3.8) is 0 Å². The lowest BCUT2D eigenvalue weighted by Crippen LogP contribution is -2.19. The Balaban J connectivity index is 1.73. The molecule has 1 aromatic heterocycles. The first kappa shape index (κ1) is 18.2. The molecule has 0 bridgehead atoms. The monoisotopic (exact) mass is 384 g/mol. The number of hydrogen-bond donors (Lipinski definition) is 1. The van der Waals surface area contributed by atoms with Crippen LogP contribution in [0.4, 0.5) is 5.69 Å². The maximum Gasteiger partial charge on any atom is 0.293 e. The number of hydrogen-bond acceptors (Lipinski definition) is 6. The number of nitro groups is 1. The van der Waals surface area contributed by atoms with Gasteiger partial charge in [0.05, 0.1) is 22.5 Å². The van der Waals surface area contributed by atoms with E-state index in [4.69, 9.17) is 11.6 Å². The maximum atomic E-state index is 12.2. The predicted octanol–water partition coefficient (Wildman–Crippen LogP) is 2.90. The topological polar surface area (TPSA) is 115 Å². The summed E-state index contributed by atoms with van der Waals surface area (Å²) < 4.78 is 1.42. The van der Waals surface area contributed by atoms with Crippen LogP contribution in [0.25, 0.3) is 5.69 Å². The van der Waals surface area contributed by atoms with Crippen LogP contribution in [0, 0.1) is 17.0 Å². The Labute approximate surface area is 158 Å². The van der Waals surface area contributed by atoms with Gasteiger partial charge in [-0.25, -0.2) is 10.1 Å². The van der Waals surface area contributed by atoms with Gasteiger partial charge in [-0.2, -0.15) is 5.10 Å². The van der Waals surface area contributed by atoms with Crippen molar-refractivity contribution in [3.8, 4) is 5.69 Å². The molecular formula is C17H13ClN6O3. The summed E-state index contributed by atoms with van der Waals surface area (Å²) in [5, 5.41) is 23.0. The van der Waals surface area contributed by atoms with Crippen LogP contribution in [0.3, 0.4) is 0 Å². The fourth-order valence-electron chi connectivity index (χ4n) is 2.27. The van der Waals surface area contributed by atoms with E-state index >= 15 is 0 Å². The van der Waals surface area contributed by atoms with Gasteiger partial charge in [0.15, 0.2) is 5.69 Å². The third kappa shape index (κ3) is 4.15. The normalized spacial score (nSPS) is 10.9. The van der Waals surface area contributed by atoms with E-state index in [1.807, 2.05) is 0 Å². The minimum atomic E-state index is -0.522. The van der Waals surface area contributed by atoms with Crippen molar-refractivity contribution in [1.29, 1.82) is 0 Å². The number of halogens is 1. The van der Waals surface area contributed by atoms with E-state index in [9.17, 15) is 14.9 Å². The molecule has 3 rings (SSSR count). The van der Waals surface area contributed by atoms with Crippen LogP contribution < -0.4 is 5.43 Å². The summed E-state index contributed by atoms with van der Waals surface area (Å²) in [5.41, 5.74) is 4.24. The second-order valence-electron chi connectivity index (χ2n) is 5.46. The SMILES string of the molecule is Cc1c(C(=O)N/N=C/c2ccc(Cl)cc2)nnn1-c1ccc([N+](=O)[O-])cc1. The Bertz CT molecular complexity index is 1010. The lowest BCUT2D eigenvalue weighted by molar-refractivity contribution is -0.384. The number of amides is 1. The number of aromatic nitrogens is 3. The number of nitro benzene ring substituents is 1. The molecule has 27 heavy (non-hydrogen) atoms. The summed E-state index contributed by atoms with van der Waals surface area (Å²) >= 11 is 5.81. The molecule has 0 radical (unpaired) electrons. The van der Waals surface area contributed by atoms with Gasteiger partial charge in [-0.15, -0.1) is 5.10 Å². The van der Waals surface area contributed by atoms with Crippen LogP contribution in [0.2, 0.25) is 5.02 Å². The van der Waals surface area contributed by atoms with E-state index in [1.54, 1.807) is 31.2 Å². The Morgan fingerprint density at radius 2 is 1.89 bits per heavy atom. The summed E-state index contributed by atoms with van der Waals surface area (Å²) in [6, 6.07) is 12.7. The molecule has 1 heterocycles. The van der Waals surface area contributed by atoms with Crippen LogP contribution in [0.15, 0.2) is 53.6 Å². The van der Waals surface area contributed by atoms with Crippen molar-refractivity contribution >= 4 is 29.4 Å². The highest BCUT2D eigenvalue weighted by molar-refractivity contribution is 6.30. The van der Waals surface area contributed by atoms with Gasteiger partial charge in [-0.05, 0) is 36.8 Å². The third-order valence-electron chi connectivity index (χ3n) is 3.66. The van der Waals surface area contributed by atoms with E-state index in [2.05, 4.69) is 20.8 Å². The van der Waals surface area contributed by atoms with Gasteiger partial charge < -0.3 is 0 Å². The molecule has 0 spiro atoms. The van der Waals surface area contributed by atoms with Crippen LogP contribution in [0.5, 0.6) is 0 Å². The zero-order valence-electron chi connectivity index (χ0n) is 14.0. The fourth-order valence-corrected chi connectivity index (χ4v) is 2.39. The molecule has 9 nitrogen and oxygen atoms in total. The fraction of sp³-hybridized carbons (Fsp3) is 0.0588. The zero-order valence-corrected chi connectivity index (χ0v) is 14.8. The van der Waals surface area contributed by atoms with Gasteiger partial charge in [-0.3, -0.25) is 14.9 Å². The molecule has 0 atom stereocenters. The van der Waals surface area contributed by atoms with Gasteiger partial charge in [-0.1, -0.05) is 28.9 Å². The summed E-state index contributed by atoms with van der Waals surface area (Å²) in [6.07, 6.45) is 1.48. The first-order chi connectivity index (χ1) is 13.0. The molecule has 0 fully saturated rings. The number of rotatable bonds is 5. The number of carbonyl (C=O) groups excluding carboxylic acids is 1. The number of carbonyl (C=O) groups is 1. The quantitative estimate of drug-likeness (QED) is 0.412.